The van der Waals surface area contributed by atoms with E-state index in [1.807, 2.05) is 19.2 Å². The number of ether oxygens (including phenoxy) is 1. The van der Waals surface area contributed by atoms with E-state index in [0.29, 0.717) is 0 Å². The van der Waals surface area contributed by atoms with Crippen molar-refractivity contribution in [1.82, 2.24) is 5.32 Å². The van der Waals surface area contributed by atoms with Gasteiger partial charge in [-0.3, -0.25) is 5.32 Å². The van der Waals surface area contributed by atoms with E-state index < -0.39 is 0 Å². The van der Waals surface area contributed by atoms with Gasteiger partial charge in [0.25, 0.3) is 0 Å². The van der Waals surface area contributed by atoms with Crippen molar-refractivity contribution in [2.24, 2.45) is 0 Å². The van der Waals surface area contributed by atoms with Gasteiger partial charge in [0.2, 0.25) is 0 Å². The first kappa shape index (κ1) is 9.40. The molecule has 0 spiro atoms. The molecular formula is C8H15NO. The SMILES string of the molecule is C=C/C=C\CC(NC)OC. The predicted octanol–water partition coefficient (Wildman–Crippen LogP) is 1.31. The quantitative estimate of drug-likeness (QED) is 0.460. The Bertz CT molecular complexity index is 106. The number of allylic oxidation sites excluding steroid dienone is 2. The molecule has 1 atom stereocenters. The lowest BCUT2D eigenvalue weighted by Gasteiger charge is -2.10. The second-order valence-corrected chi connectivity index (χ2v) is 1.91. The molecule has 0 aromatic heterocycles. The van der Waals surface area contributed by atoms with Gasteiger partial charge in [0.15, 0.2) is 0 Å². The smallest absolute Gasteiger partial charge is 0.110 e. The van der Waals surface area contributed by atoms with Crippen molar-refractivity contribution < 1.29 is 4.74 Å². The van der Waals surface area contributed by atoms with Crippen molar-refractivity contribution in [1.29, 1.82) is 0 Å². The number of nitrogens with one attached hydrogen (secondary N) is 1. The second-order valence-electron chi connectivity index (χ2n) is 1.91. The van der Waals surface area contributed by atoms with Gasteiger partial charge in [-0.1, -0.05) is 24.8 Å². The Labute approximate surface area is 62.6 Å². The van der Waals surface area contributed by atoms with Gasteiger partial charge in [0.1, 0.15) is 6.23 Å². The average molecular weight is 141 g/mol. The van der Waals surface area contributed by atoms with E-state index in [1.54, 1.807) is 13.2 Å². The molecule has 0 aromatic carbocycles. The first-order valence-corrected chi connectivity index (χ1v) is 3.32. The van der Waals surface area contributed by atoms with Crippen LogP contribution in [0.4, 0.5) is 0 Å². The molecule has 0 heterocycles. The summed E-state index contributed by atoms with van der Waals surface area (Å²) in [6, 6.07) is 0. The zero-order valence-electron chi connectivity index (χ0n) is 6.63. The lowest BCUT2D eigenvalue weighted by molar-refractivity contribution is 0.0834. The van der Waals surface area contributed by atoms with Crippen LogP contribution in [-0.4, -0.2) is 20.4 Å². The fourth-order valence-electron chi connectivity index (χ4n) is 0.630. The summed E-state index contributed by atoms with van der Waals surface area (Å²) in [5.41, 5.74) is 0. The monoisotopic (exact) mass is 141 g/mol. The van der Waals surface area contributed by atoms with Crippen LogP contribution in [0.3, 0.4) is 0 Å². The number of hydrogen-bond donors (Lipinski definition) is 1. The van der Waals surface area contributed by atoms with Crippen LogP contribution < -0.4 is 5.32 Å². The first-order chi connectivity index (χ1) is 4.85. The summed E-state index contributed by atoms with van der Waals surface area (Å²) >= 11 is 0. The molecule has 0 aliphatic carbocycles. The van der Waals surface area contributed by atoms with Gasteiger partial charge in [-0.15, -0.1) is 0 Å². The lowest BCUT2D eigenvalue weighted by Crippen LogP contribution is -2.25. The third-order valence-corrected chi connectivity index (χ3v) is 1.23. The molecule has 0 fully saturated rings. The molecule has 1 N–H and O–H groups in total. The van der Waals surface area contributed by atoms with E-state index in [9.17, 15) is 0 Å². The maximum absolute atomic E-state index is 5.05. The van der Waals surface area contributed by atoms with Crippen LogP contribution in [0.15, 0.2) is 24.8 Å². The average Bonchev–Trinajstić information content (AvgIpc) is 1.99. The molecule has 2 heteroatoms. The fraction of sp³-hybridized carbons (Fsp3) is 0.500. The third-order valence-electron chi connectivity index (χ3n) is 1.23. The van der Waals surface area contributed by atoms with Gasteiger partial charge in [0.05, 0.1) is 0 Å². The first-order valence-electron chi connectivity index (χ1n) is 3.32. The van der Waals surface area contributed by atoms with Crippen molar-refractivity contribution in [3.05, 3.63) is 24.8 Å². The van der Waals surface area contributed by atoms with Gasteiger partial charge in [-0.05, 0) is 7.05 Å². The second kappa shape index (κ2) is 6.52. The van der Waals surface area contributed by atoms with Gasteiger partial charge in [-0.2, -0.15) is 0 Å². The Kier molecular flexibility index (Phi) is 6.13. The Balaban J connectivity index is 3.43. The topological polar surface area (TPSA) is 21.3 Å². The Hall–Kier alpha value is -0.600. The van der Waals surface area contributed by atoms with E-state index in [4.69, 9.17) is 4.74 Å². The van der Waals surface area contributed by atoms with Crippen LogP contribution in [0, 0.1) is 0 Å². The highest BCUT2D eigenvalue weighted by Gasteiger charge is 1.97. The molecule has 2 nitrogen and oxygen atoms in total. The Morgan fingerprint density at radius 2 is 2.40 bits per heavy atom. The molecule has 58 valence electrons. The molecule has 0 amide bonds. The highest BCUT2D eigenvalue weighted by atomic mass is 16.5. The van der Waals surface area contributed by atoms with Gasteiger partial charge in [0, 0.05) is 13.5 Å². The van der Waals surface area contributed by atoms with Crippen LogP contribution in [0.25, 0.3) is 0 Å². The highest BCUT2D eigenvalue weighted by Crippen LogP contribution is 1.92. The largest absolute Gasteiger partial charge is 0.366 e. The van der Waals surface area contributed by atoms with E-state index in [0.717, 1.165) is 6.42 Å². The maximum atomic E-state index is 5.05. The molecular weight excluding hydrogens is 126 g/mol. The fourth-order valence-corrected chi connectivity index (χ4v) is 0.630. The van der Waals surface area contributed by atoms with Gasteiger partial charge in [-0.25, -0.2) is 0 Å². The summed E-state index contributed by atoms with van der Waals surface area (Å²) in [6.45, 7) is 3.56. The summed E-state index contributed by atoms with van der Waals surface area (Å²) in [4.78, 5) is 0. The number of methoxy groups -OCH3 is 1. The normalized spacial score (nSPS) is 13.8. The van der Waals surface area contributed by atoms with Crippen LogP contribution in [0.1, 0.15) is 6.42 Å². The third kappa shape index (κ3) is 4.30. The van der Waals surface area contributed by atoms with E-state index in [1.165, 1.54) is 0 Å². The molecule has 0 aromatic rings. The van der Waals surface area contributed by atoms with Gasteiger partial charge >= 0.3 is 0 Å². The van der Waals surface area contributed by atoms with E-state index in [2.05, 4.69) is 11.9 Å². The molecule has 0 radical (unpaired) electrons. The maximum Gasteiger partial charge on any atom is 0.110 e. The number of rotatable bonds is 5. The molecule has 0 saturated carbocycles. The minimum atomic E-state index is 0.121. The van der Waals surface area contributed by atoms with Crippen LogP contribution in [0.5, 0.6) is 0 Å². The highest BCUT2D eigenvalue weighted by molar-refractivity contribution is 4.97. The molecule has 0 rings (SSSR count). The molecule has 10 heavy (non-hydrogen) atoms. The van der Waals surface area contributed by atoms with Crippen LogP contribution in [0.2, 0.25) is 0 Å². The van der Waals surface area contributed by atoms with Crippen molar-refractivity contribution in [3.63, 3.8) is 0 Å². The number of hydrogen-bond acceptors (Lipinski definition) is 2. The Morgan fingerprint density at radius 1 is 1.70 bits per heavy atom. The van der Waals surface area contributed by atoms with Gasteiger partial charge < -0.3 is 4.74 Å². The summed E-state index contributed by atoms with van der Waals surface area (Å²) in [6.07, 6.45) is 6.67. The summed E-state index contributed by atoms with van der Waals surface area (Å²) in [7, 11) is 3.55. The van der Waals surface area contributed by atoms with Crippen molar-refractivity contribution >= 4 is 0 Å². The zero-order valence-corrected chi connectivity index (χ0v) is 6.63. The molecule has 0 aliphatic heterocycles. The molecule has 0 bridgehead atoms. The predicted molar refractivity (Wildman–Crippen MR) is 43.8 cm³/mol. The Morgan fingerprint density at radius 3 is 2.80 bits per heavy atom. The molecule has 0 aliphatic rings. The minimum Gasteiger partial charge on any atom is -0.366 e. The lowest BCUT2D eigenvalue weighted by atomic mass is 10.3. The zero-order chi connectivity index (χ0) is 7.82. The minimum absolute atomic E-state index is 0.121. The molecule has 0 saturated heterocycles. The van der Waals surface area contributed by atoms with Crippen LogP contribution >= 0.6 is 0 Å². The van der Waals surface area contributed by atoms with Crippen molar-refractivity contribution in [3.8, 4) is 0 Å². The standard InChI is InChI=1S/C8H15NO/c1-4-5-6-7-8(9-2)10-3/h4-6,8-9H,1,7H2,2-3H3/b6-5-. The molecule has 1 unspecified atom stereocenters. The van der Waals surface area contributed by atoms with E-state index in [-0.39, 0.29) is 6.23 Å². The summed E-state index contributed by atoms with van der Waals surface area (Å²) in [5, 5.41) is 3.00. The van der Waals surface area contributed by atoms with Crippen LogP contribution in [-0.2, 0) is 4.74 Å². The summed E-state index contributed by atoms with van der Waals surface area (Å²) < 4.78 is 5.05. The summed E-state index contributed by atoms with van der Waals surface area (Å²) in [5.74, 6) is 0. The van der Waals surface area contributed by atoms with Crippen molar-refractivity contribution in [2.75, 3.05) is 14.2 Å². The van der Waals surface area contributed by atoms with E-state index >= 15 is 0 Å². The van der Waals surface area contributed by atoms with Crippen molar-refractivity contribution in [2.45, 2.75) is 12.6 Å².